The molecule has 0 saturated heterocycles. The molecule has 2 aromatic heterocycles. The van der Waals surface area contributed by atoms with Gasteiger partial charge in [-0.25, -0.2) is 4.98 Å². The van der Waals surface area contributed by atoms with Crippen molar-refractivity contribution in [2.75, 3.05) is 26.2 Å². The molecule has 0 fully saturated rings. The van der Waals surface area contributed by atoms with Gasteiger partial charge in [0, 0.05) is 15.8 Å². The number of hydrogen-bond donors (Lipinski definition) is 1. The van der Waals surface area contributed by atoms with Crippen molar-refractivity contribution >= 4 is 39.1 Å². The molecule has 0 aliphatic carbocycles. The summed E-state index contributed by atoms with van der Waals surface area (Å²) in [6.07, 6.45) is 0. The second-order valence-electron chi connectivity index (χ2n) is 8.40. The molecule has 0 radical (unpaired) electrons. The summed E-state index contributed by atoms with van der Waals surface area (Å²) in [7, 11) is 4.50. The highest BCUT2D eigenvalue weighted by molar-refractivity contribution is 7.15. The van der Waals surface area contributed by atoms with Gasteiger partial charge in [0.1, 0.15) is 17.5 Å². The average Bonchev–Trinajstić information content (AvgIpc) is 3.56. The Balaban J connectivity index is 1.72. The molecule has 1 atom stereocenters. The van der Waals surface area contributed by atoms with E-state index in [0.29, 0.717) is 38.9 Å². The molecule has 0 spiro atoms. The fraction of sp³-hybridized carbons (Fsp3) is 0.222. The van der Waals surface area contributed by atoms with Crippen LogP contribution in [0.15, 0.2) is 58.2 Å². The van der Waals surface area contributed by atoms with Gasteiger partial charge in [-0.05, 0) is 44.2 Å². The third kappa shape index (κ3) is 3.89. The number of hydrogen-bond acceptors (Lipinski definition) is 9. The molecule has 1 unspecified atom stereocenters. The summed E-state index contributed by atoms with van der Waals surface area (Å²) in [6, 6.07) is 10.8. The molecular formula is C27H24N2O7S. The predicted octanol–water partition coefficient (Wildman–Crippen LogP) is 5.31. The number of anilines is 1. The van der Waals surface area contributed by atoms with E-state index < -0.39 is 23.5 Å². The van der Waals surface area contributed by atoms with Crippen LogP contribution in [0, 0.1) is 13.8 Å². The van der Waals surface area contributed by atoms with Crippen molar-refractivity contribution in [3.63, 3.8) is 0 Å². The maximum absolute atomic E-state index is 13.9. The Labute approximate surface area is 216 Å². The largest absolute Gasteiger partial charge is 0.503 e. The van der Waals surface area contributed by atoms with E-state index in [1.165, 1.54) is 37.6 Å². The maximum Gasteiger partial charge on any atom is 0.296 e. The molecule has 4 aromatic rings. The molecule has 1 aliphatic heterocycles. The second kappa shape index (κ2) is 9.29. The van der Waals surface area contributed by atoms with Crippen molar-refractivity contribution in [2.24, 2.45) is 0 Å². The van der Waals surface area contributed by atoms with E-state index in [1.54, 1.807) is 42.5 Å². The zero-order chi connectivity index (χ0) is 26.4. The van der Waals surface area contributed by atoms with E-state index in [0.717, 1.165) is 10.6 Å². The first-order valence-corrected chi connectivity index (χ1v) is 12.1. The molecule has 3 heterocycles. The summed E-state index contributed by atoms with van der Waals surface area (Å²) < 4.78 is 22.2. The monoisotopic (exact) mass is 520 g/mol. The number of amides is 1. The van der Waals surface area contributed by atoms with Crippen LogP contribution in [-0.4, -0.2) is 43.1 Å². The van der Waals surface area contributed by atoms with Gasteiger partial charge in [0.2, 0.25) is 5.78 Å². The number of aliphatic hydroxyl groups is 1. The molecule has 9 nitrogen and oxygen atoms in total. The Morgan fingerprint density at radius 1 is 1.05 bits per heavy atom. The van der Waals surface area contributed by atoms with E-state index in [-0.39, 0.29) is 11.3 Å². The second-order valence-corrected chi connectivity index (χ2v) is 9.59. The molecule has 10 heteroatoms. The van der Waals surface area contributed by atoms with Gasteiger partial charge in [0.15, 0.2) is 28.0 Å². The smallest absolute Gasteiger partial charge is 0.296 e. The Morgan fingerprint density at radius 2 is 1.81 bits per heavy atom. The molecule has 0 saturated carbocycles. The standard InChI is InChI=1S/C27H24N2O7S/c1-13-14(2)37-27(28-13)29-22(17-12-16(33-3)9-10-18(17)34-4)21(24(31)26(29)32)23(30)20-11-15-7-6-8-19(35-5)25(15)36-20/h6-12,22,31H,1-5H3. The van der Waals surface area contributed by atoms with Gasteiger partial charge in [0.05, 0.1) is 32.6 Å². The Kier molecular flexibility index (Phi) is 6.12. The summed E-state index contributed by atoms with van der Waals surface area (Å²) in [5, 5.41) is 12.1. The van der Waals surface area contributed by atoms with E-state index in [4.69, 9.17) is 18.6 Å². The molecule has 1 aliphatic rings. The number of para-hydroxylation sites is 1. The van der Waals surface area contributed by atoms with Crippen LogP contribution in [0.2, 0.25) is 0 Å². The Hall–Kier alpha value is -4.31. The third-order valence-electron chi connectivity index (χ3n) is 6.36. The predicted molar refractivity (Wildman–Crippen MR) is 138 cm³/mol. The minimum Gasteiger partial charge on any atom is -0.503 e. The normalized spacial score (nSPS) is 15.5. The Morgan fingerprint density at radius 3 is 2.46 bits per heavy atom. The number of carbonyl (C=O) groups is 2. The van der Waals surface area contributed by atoms with Crippen molar-refractivity contribution in [1.82, 2.24) is 4.98 Å². The number of ketones is 1. The van der Waals surface area contributed by atoms with Crippen LogP contribution in [-0.2, 0) is 4.79 Å². The number of furan rings is 1. The highest BCUT2D eigenvalue weighted by atomic mass is 32.1. The van der Waals surface area contributed by atoms with Crippen molar-refractivity contribution in [1.29, 1.82) is 0 Å². The molecule has 2 aromatic carbocycles. The molecular weight excluding hydrogens is 496 g/mol. The average molecular weight is 521 g/mol. The Bertz CT molecular complexity index is 1560. The lowest BCUT2D eigenvalue weighted by atomic mass is 9.94. The maximum atomic E-state index is 13.9. The summed E-state index contributed by atoms with van der Waals surface area (Å²) in [6.45, 7) is 3.72. The van der Waals surface area contributed by atoms with E-state index >= 15 is 0 Å². The van der Waals surface area contributed by atoms with Gasteiger partial charge in [-0.15, -0.1) is 11.3 Å². The van der Waals surface area contributed by atoms with Gasteiger partial charge < -0.3 is 23.7 Å². The minimum atomic E-state index is -1.05. The van der Waals surface area contributed by atoms with Crippen LogP contribution >= 0.6 is 11.3 Å². The summed E-state index contributed by atoms with van der Waals surface area (Å²) in [5.41, 5.74) is 1.42. The number of aryl methyl sites for hydroxylation is 2. The number of thiazole rings is 1. The minimum absolute atomic E-state index is 0.0472. The number of fused-ring (bicyclic) bond motifs is 1. The number of nitrogens with zero attached hydrogens (tertiary/aromatic N) is 2. The van der Waals surface area contributed by atoms with Gasteiger partial charge in [0.25, 0.3) is 5.91 Å². The molecule has 1 N–H and O–H groups in total. The lowest BCUT2D eigenvalue weighted by Crippen LogP contribution is -2.31. The number of aliphatic hydroxyl groups excluding tert-OH is 1. The molecule has 1 amide bonds. The number of aromatic nitrogens is 1. The first kappa shape index (κ1) is 24.4. The molecule has 190 valence electrons. The number of carbonyl (C=O) groups excluding carboxylic acids is 2. The van der Waals surface area contributed by atoms with Crippen LogP contribution in [0.1, 0.15) is 32.7 Å². The van der Waals surface area contributed by atoms with Crippen molar-refractivity contribution in [3.05, 3.63) is 75.7 Å². The van der Waals surface area contributed by atoms with Gasteiger partial charge in [-0.2, -0.15) is 0 Å². The topological polar surface area (TPSA) is 111 Å². The van der Waals surface area contributed by atoms with E-state index in [1.807, 2.05) is 13.8 Å². The van der Waals surface area contributed by atoms with Crippen LogP contribution in [0.3, 0.4) is 0 Å². The van der Waals surface area contributed by atoms with E-state index in [2.05, 4.69) is 4.98 Å². The van der Waals surface area contributed by atoms with Gasteiger partial charge in [-0.3, -0.25) is 14.5 Å². The quantitative estimate of drug-likeness (QED) is 0.326. The van der Waals surface area contributed by atoms with Crippen LogP contribution in [0.25, 0.3) is 11.0 Å². The highest BCUT2D eigenvalue weighted by Gasteiger charge is 2.47. The summed E-state index contributed by atoms with van der Waals surface area (Å²) in [5.74, 6) is -0.779. The molecule has 0 bridgehead atoms. The fourth-order valence-corrected chi connectivity index (χ4v) is 5.32. The lowest BCUT2D eigenvalue weighted by Gasteiger charge is -2.26. The summed E-state index contributed by atoms with van der Waals surface area (Å²) in [4.78, 5) is 34.2. The number of ether oxygens (including phenoxy) is 3. The zero-order valence-corrected chi connectivity index (χ0v) is 21.6. The first-order chi connectivity index (χ1) is 17.8. The van der Waals surface area contributed by atoms with E-state index in [9.17, 15) is 14.7 Å². The number of Topliss-reactive ketones (excluding diaryl/α,β-unsaturated/α-hetero) is 1. The van der Waals surface area contributed by atoms with Crippen molar-refractivity contribution in [2.45, 2.75) is 19.9 Å². The first-order valence-electron chi connectivity index (χ1n) is 11.3. The highest BCUT2D eigenvalue weighted by Crippen LogP contribution is 2.47. The number of rotatable bonds is 7. The molecule has 37 heavy (non-hydrogen) atoms. The van der Waals surface area contributed by atoms with Crippen LogP contribution in [0.5, 0.6) is 17.2 Å². The number of methoxy groups -OCH3 is 3. The molecule has 5 rings (SSSR count). The van der Waals surface area contributed by atoms with Crippen molar-refractivity contribution in [3.8, 4) is 17.2 Å². The summed E-state index contributed by atoms with van der Waals surface area (Å²) >= 11 is 1.29. The number of benzene rings is 2. The van der Waals surface area contributed by atoms with Gasteiger partial charge in [-0.1, -0.05) is 12.1 Å². The fourth-order valence-electron chi connectivity index (χ4n) is 4.38. The van der Waals surface area contributed by atoms with Crippen LogP contribution in [0.4, 0.5) is 5.13 Å². The van der Waals surface area contributed by atoms with Crippen LogP contribution < -0.4 is 19.1 Å². The zero-order valence-electron chi connectivity index (χ0n) is 20.8. The van der Waals surface area contributed by atoms with Gasteiger partial charge >= 0.3 is 0 Å². The van der Waals surface area contributed by atoms with Crippen molar-refractivity contribution < 1.29 is 33.3 Å². The lowest BCUT2D eigenvalue weighted by molar-refractivity contribution is -0.117. The third-order valence-corrected chi connectivity index (χ3v) is 7.43. The SMILES string of the molecule is COc1ccc(OC)c(C2C(C(=O)c3cc4cccc(OC)c4o3)=C(O)C(=O)N2c2nc(C)c(C)s2)c1.